The SMILES string of the molecule is CC(=O)OC(C)C=CC(=O)N[C@@H]1C[C@H](C)[C@H](CC=C(C)C=C[C@H]2O[C@H](CC(=O)NN=C(C)c3ccc(OCCCCCNC(=O)OCC4c5ccccc5-c5ccccc54)cc3)C[C@@]3(CO3)[C@@H]2O)O[C@@H]1C. The van der Waals surface area contributed by atoms with Crippen molar-refractivity contribution in [1.82, 2.24) is 16.1 Å². The normalized spacial score (nSPS) is 25.6. The van der Waals surface area contributed by atoms with E-state index < -0.39 is 42.1 Å². The third-order valence-corrected chi connectivity index (χ3v) is 13.7. The summed E-state index contributed by atoms with van der Waals surface area (Å²) in [7, 11) is 0. The van der Waals surface area contributed by atoms with E-state index in [2.05, 4.69) is 58.4 Å². The van der Waals surface area contributed by atoms with Crippen molar-refractivity contribution in [2.24, 2.45) is 11.0 Å². The number of benzene rings is 3. The average molecular weight is 975 g/mol. The van der Waals surface area contributed by atoms with Crippen LogP contribution in [-0.2, 0) is 38.1 Å². The lowest BCUT2D eigenvalue weighted by molar-refractivity contribution is -0.145. The molecular weight excluding hydrogens is 905 g/mol. The Balaban J connectivity index is 0.774. The van der Waals surface area contributed by atoms with E-state index in [1.165, 1.54) is 35.3 Å². The number of fused-ring (bicyclic) bond motifs is 3. The van der Waals surface area contributed by atoms with Gasteiger partial charge in [-0.3, -0.25) is 14.4 Å². The largest absolute Gasteiger partial charge is 0.494 e. The standard InChI is InChI=1S/C56H70N4O11/c1-35(18-25-50-36(2)30-49(39(5)70-50)58-52(62)27-20-37(3)69-40(6)61)19-26-51-54(64)56(34-68-56)32-43(71-51)31-53(63)60-59-38(4)41-21-23-42(24-22-41)66-29-13-7-12-28-57-55(65)67-33-48-46-16-10-8-14-44(46)45-15-9-11-17-47(45)48/h8-11,14-24,26-27,36-37,39,43,48-51,54,64H,7,12-13,25,28-34H2,1-6H3,(H,57,65)(H,58,62)(H,60,63)/t36-,37?,39+,43+,49+,50-,51+,54+,56+/m0/s1. The van der Waals surface area contributed by atoms with Gasteiger partial charge in [-0.1, -0.05) is 79.3 Å². The van der Waals surface area contributed by atoms with Gasteiger partial charge >= 0.3 is 12.1 Å². The first-order chi connectivity index (χ1) is 34.2. The van der Waals surface area contributed by atoms with Crippen LogP contribution in [0.5, 0.6) is 5.75 Å². The zero-order valence-electron chi connectivity index (χ0n) is 41.8. The van der Waals surface area contributed by atoms with E-state index in [1.54, 1.807) is 13.0 Å². The highest BCUT2D eigenvalue weighted by Gasteiger charge is 2.58. The number of rotatable bonds is 21. The fraction of sp³-hybridized carbons (Fsp3) is 0.482. The molecule has 15 nitrogen and oxygen atoms in total. The number of hydrazone groups is 1. The van der Waals surface area contributed by atoms with Gasteiger partial charge in [0, 0.05) is 31.9 Å². The number of ether oxygens (including phenoxy) is 6. The van der Waals surface area contributed by atoms with E-state index in [0.717, 1.165) is 42.6 Å². The van der Waals surface area contributed by atoms with E-state index in [4.69, 9.17) is 28.4 Å². The highest BCUT2D eigenvalue weighted by atomic mass is 16.6. The van der Waals surface area contributed by atoms with Crippen molar-refractivity contribution in [1.29, 1.82) is 0 Å². The van der Waals surface area contributed by atoms with Crippen molar-refractivity contribution >= 4 is 29.6 Å². The van der Waals surface area contributed by atoms with E-state index in [0.29, 0.717) is 44.9 Å². The molecule has 1 unspecified atom stereocenters. The Kier molecular flexibility index (Phi) is 18.4. The molecular formula is C56H70N4O11. The molecule has 3 aliphatic heterocycles. The van der Waals surface area contributed by atoms with Crippen LogP contribution in [0.4, 0.5) is 4.79 Å². The number of aliphatic hydroxyl groups is 1. The fourth-order valence-corrected chi connectivity index (χ4v) is 9.58. The Labute approximate surface area is 417 Å². The number of nitrogens with one attached hydrogen (secondary N) is 3. The quantitative estimate of drug-likeness (QED) is 0.0154. The van der Waals surface area contributed by atoms with Gasteiger partial charge in [-0.25, -0.2) is 10.2 Å². The Hall–Kier alpha value is -6.13. The van der Waals surface area contributed by atoms with Gasteiger partial charge in [-0.05, 0) is 124 Å². The predicted octanol–water partition coefficient (Wildman–Crippen LogP) is 7.99. The number of alkyl carbamates (subject to hydrolysis) is 1. The molecule has 1 aliphatic carbocycles. The first-order valence-electron chi connectivity index (χ1n) is 25.0. The van der Waals surface area contributed by atoms with Crippen molar-refractivity contribution in [3.8, 4) is 16.9 Å². The minimum atomic E-state index is -0.876. The molecule has 3 saturated heterocycles. The first kappa shape index (κ1) is 52.7. The number of epoxide rings is 1. The zero-order valence-corrected chi connectivity index (χ0v) is 41.8. The number of hydrogen-bond donors (Lipinski definition) is 4. The van der Waals surface area contributed by atoms with Gasteiger partial charge < -0.3 is 44.2 Å². The maximum Gasteiger partial charge on any atom is 0.407 e. The Morgan fingerprint density at radius 1 is 0.915 bits per heavy atom. The molecule has 9 atom stereocenters. The third kappa shape index (κ3) is 14.7. The van der Waals surface area contributed by atoms with Crippen molar-refractivity contribution in [2.75, 3.05) is 26.4 Å². The molecule has 3 fully saturated rings. The number of nitrogens with zero attached hydrogens (tertiary/aromatic N) is 1. The van der Waals surface area contributed by atoms with Gasteiger partial charge in [0.25, 0.3) is 0 Å². The Morgan fingerprint density at radius 2 is 1.62 bits per heavy atom. The lowest BCUT2D eigenvalue weighted by atomic mass is 9.87. The summed E-state index contributed by atoms with van der Waals surface area (Å²) >= 11 is 0. The maximum absolute atomic E-state index is 13.1. The predicted molar refractivity (Wildman–Crippen MR) is 270 cm³/mol. The minimum absolute atomic E-state index is 0.0306. The molecule has 4 N–H and O–H groups in total. The molecule has 3 amide bonds. The van der Waals surface area contributed by atoms with Crippen molar-refractivity contribution < 1.29 is 52.7 Å². The van der Waals surface area contributed by atoms with Gasteiger partial charge in [-0.15, -0.1) is 0 Å². The molecule has 15 heteroatoms. The van der Waals surface area contributed by atoms with Gasteiger partial charge in [0.05, 0.1) is 49.7 Å². The van der Waals surface area contributed by atoms with Crippen molar-refractivity contribution in [3.63, 3.8) is 0 Å². The van der Waals surface area contributed by atoms with E-state index in [-0.39, 0.29) is 48.3 Å². The number of aliphatic hydroxyl groups excluding tert-OH is 1. The third-order valence-electron chi connectivity index (χ3n) is 13.7. The maximum atomic E-state index is 13.1. The molecule has 71 heavy (non-hydrogen) atoms. The summed E-state index contributed by atoms with van der Waals surface area (Å²) in [6.45, 7) is 12.6. The van der Waals surface area contributed by atoms with Crippen LogP contribution in [0.2, 0.25) is 0 Å². The van der Waals surface area contributed by atoms with Crippen LogP contribution < -0.4 is 20.8 Å². The van der Waals surface area contributed by atoms with E-state index in [1.807, 2.05) is 81.5 Å². The lowest BCUT2D eigenvalue weighted by Crippen LogP contribution is -2.50. The zero-order chi connectivity index (χ0) is 50.5. The second-order valence-corrected chi connectivity index (χ2v) is 19.3. The Morgan fingerprint density at radius 3 is 2.31 bits per heavy atom. The summed E-state index contributed by atoms with van der Waals surface area (Å²) in [6.07, 6.45) is 9.96. The second-order valence-electron chi connectivity index (χ2n) is 19.3. The summed E-state index contributed by atoms with van der Waals surface area (Å²) in [5, 5.41) is 21.4. The van der Waals surface area contributed by atoms with Crippen LogP contribution in [0, 0.1) is 5.92 Å². The monoisotopic (exact) mass is 975 g/mol. The topological polar surface area (TPSA) is 196 Å². The van der Waals surface area contributed by atoms with Crippen LogP contribution in [0.3, 0.4) is 0 Å². The molecule has 3 heterocycles. The smallest absolute Gasteiger partial charge is 0.407 e. The number of carbonyl (C=O) groups excluding carboxylic acids is 4. The highest BCUT2D eigenvalue weighted by molar-refractivity contribution is 5.99. The summed E-state index contributed by atoms with van der Waals surface area (Å²) < 4.78 is 35.0. The van der Waals surface area contributed by atoms with E-state index in [9.17, 15) is 24.3 Å². The molecule has 0 saturated carbocycles. The molecule has 1 spiro atoms. The van der Waals surface area contributed by atoms with Crippen molar-refractivity contribution in [2.45, 2.75) is 141 Å². The molecule has 0 aromatic heterocycles. The number of amides is 3. The van der Waals surface area contributed by atoms with Crippen LogP contribution in [0.1, 0.15) is 109 Å². The minimum Gasteiger partial charge on any atom is -0.494 e. The lowest BCUT2D eigenvalue weighted by Gasteiger charge is -2.39. The van der Waals surface area contributed by atoms with Crippen LogP contribution in [0.25, 0.3) is 11.1 Å². The van der Waals surface area contributed by atoms with Crippen LogP contribution in [0.15, 0.2) is 114 Å². The highest BCUT2D eigenvalue weighted by Crippen LogP contribution is 2.45. The van der Waals surface area contributed by atoms with Crippen LogP contribution in [-0.4, -0.2) is 109 Å². The molecule has 4 aliphatic rings. The molecule has 0 bridgehead atoms. The Bertz CT molecular complexity index is 2400. The molecule has 0 radical (unpaired) electrons. The van der Waals surface area contributed by atoms with Gasteiger partial charge in [0.15, 0.2) is 0 Å². The molecule has 7 rings (SSSR count). The van der Waals surface area contributed by atoms with Gasteiger partial charge in [0.2, 0.25) is 11.8 Å². The van der Waals surface area contributed by atoms with Gasteiger partial charge in [0.1, 0.15) is 36.3 Å². The summed E-state index contributed by atoms with van der Waals surface area (Å²) in [4.78, 5) is 49.3. The van der Waals surface area contributed by atoms with Gasteiger partial charge in [-0.2, -0.15) is 5.10 Å². The first-order valence-corrected chi connectivity index (χ1v) is 25.0. The molecule has 3 aromatic carbocycles. The summed E-state index contributed by atoms with van der Waals surface area (Å²) in [6, 6.07) is 23.9. The number of allylic oxidation sites excluding steroid dienone is 2. The summed E-state index contributed by atoms with van der Waals surface area (Å²) in [5.41, 5.74) is 9.12. The average Bonchev–Trinajstić information content (AvgIpc) is 4.05. The fourth-order valence-electron chi connectivity index (χ4n) is 9.58. The van der Waals surface area contributed by atoms with Crippen LogP contribution >= 0.6 is 0 Å². The number of esters is 1. The molecule has 3 aromatic rings. The summed E-state index contributed by atoms with van der Waals surface area (Å²) in [5.74, 6) is -0.0429. The second kappa shape index (κ2) is 24.8. The van der Waals surface area contributed by atoms with Crippen molar-refractivity contribution in [3.05, 3.63) is 125 Å². The van der Waals surface area contributed by atoms with E-state index >= 15 is 0 Å². The molecule has 380 valence electrons. The number of hydrogen-bond acceptors (Lipinski definition) is 12. The number of carbonyl (C=O) groups is 4. The number of unbranched alkanes of at least 4 members (excludes halogenated alkanes) is 2.